The molecular formula is C32H32FN7O3. The van der Waals surface area contributed by atoms with Crippen LogP contribution in [0.15, 0.2) is 54.9 Å². The number of benzene rings is 1. The number of nitrogens with zero attached hydrogens (tertiary/aromatic N) is 7. The van der Waals surface area contributed by atoms with Gasteiger partial charge in [-0.15, -0.1) is 0 Å². The Hall–Kier alpha value is -4.80. The van der Waals surface area contributed by atoms with Crippen molar-refractivity contribution in [1.29, 1.82) is 0 Å². The van der Waals surface area contributed by atoms with Gasteiger partial charge in [-0.2, -0.15) is 10.2 Å². The van der Waals surface area contributed by atoms with Crippen molar-refractivity contribution >= 4 is 34.0 Å². The highest BCUT2D eigenvalue weighted by molar-refractivity contribution is 6.06. The van der Waals surface area contributed by atoms with Crippen LogP contribution in [0.2, 0.25) is 0 Å². The minimum atomic E-state index is -1.30. The maximum Gasteiger partial charge on any atom is 0.245 e. The van der Waals surface area contributed by atoms with E-state index in [9.17, 15) is 18.8 Å². The summed E-state index contributed by atoms with van der Waals surface area (Å²) < 4.78 is 17.8. The Balaban J connectivity index is 1.26. The number of fused-ring (bicyclic) bond motifs is 2. The number of alkyl halides is 1. The molecule has 220 valence electrons. The molecule has 0 spiro atoms. The highest BCUT2D eigenvalue weighted by Gasteiger charge is 2.39. The highest BCUT2D eigenvalue weighted by Crippen LogP contribution is 2.28. The highest BCUT2D eigenvalue weighted by atomic mass is 19.1. The van der Waals surface area contributed by atoms with E-state index in [0.717, 1.165) is 28.2 Å². The van der Waals surface area contributed by atoms with Gasteiger partial charge in [0.05, 0.1) is 30.2 Å². The third-order valence-corrected chi connectivity index (χ3v) is 7.85. The van der Waals surface area contributed by atoms with E-state index in [-0.39, 0.29) is 49.1 Å². The van der Waals surface area contributed by atoms with Gasteiger partial charge in [0.2, 0.25) is 5.91 Å². The first-order chi connectivity index (χ1) is 20.6. The molecule has 11 heteroatoms. The standard InChI is InChI=1S/C32H32FN7O3/c1-18(2)26-7-5-6-24(35-26)13-29(42)28-12-23(33)16-38(28)31(43)17-39-27-9-8-21(11-25(27)32(37-39)20(4)41)22-14-34-30-10-19(3)36-40(30)15-22/h5-11,14-15,18,23,28H,12-13,16-17H2,1-4H3/t23-,28+/m1/s1. The molecule has 0 N–H and O–H groups in total. The van der Waals surface area contributed by atoms with Crippen molar-refractivity contribution in [3.8, 4) is 11.1 Å². The topological polar surface area (TPSA) is 115 Å². The molecule has 1 saturated heterocycles. The quantitative estimate of drug-likeness (QED) is 0.247. The van der Waals surface area contributed by atoms with Gasteiger partial charge in [-0.3, -0.25) is 24.0 Å². The molecule has 1 amide bonds. The minimum Gasteiger partial charge on any atom is -0.328 e. The molecule has 0 unspecified atom stereocenters. The van der Waals surface area contributed by atoms with Crippen molar-refractivity contribution < 1.29 is 18.8 Å². The normalized spacial score (nSPS) is 16.9. The van der Waals surface area contributed by atoms with E-state index in [1.165, 1.54) is 16.5 Å². The Bertz CT molecular complexity index is 1890. The molecule has 0 radical (unpaired) electrons. The van der Waals surface area contributed by atoms with Gasteiger partial charge in [-0.25, -0.2) is 13.9 Å². The largest absolute Gasteiger partial charge is 0.328 e. The van der Waals surface area contributed by atoms with Crippen LogP contribution in [0.5, 0.6) is 0 Å². The number of aromatic nitrogens is 6. The summed E-state index contributed by atoms with van der Waals surface area (Å²) >= 11 is 0. The van der Waals surface area contributed by atoms with E-state index >= 15 is 0 Å². The number of amides is 1. The lowest BCUT2D eigenvalue weighted by Gasteiger charge is -2.23. The molecule has 43 heavy (non-hydrogen) atoms. The van der Waals surface area contributed by atoms with E-state index in [4.69, 9.17) is 0 Å². The van der Waals surface area contributed by atoms with Crippen LogP contribution in [0.1, 0.15) is 60.7 Å². The SMILES string of the molecule is CC(=O)c1nn(CC(=O)N2C[C@H](F)C[C@H]2C(=O)Cc2cccc(C(C)C)n2)c2ccc(-c3cnc4cc(C)nn4c3)cc12. The fraction of sp³-hybridized carbons (Fsp3) is 0.344. The summed E-state index contributed by atoms with van der Waals surface area (Å²) in [7, 11) is 0. The molecule has 4 aromatic heterocycles. The van der Waals surface area contributed by atoms with Crippen molar-refractivity contribution in [1.82, 2.24) is 34.3 Å². The van der Waals surface area contributed by atoms with Crippen molar-refractivity contribution in [3.05, 3.63) is 77.6 Å². The second-order valence-electron chi connectivity index (χ2n) is 11.5. The van der Waals surface area contributed by atoms with Crippen molar-refractivity contribution in [2.75, 3.05) is 6.54 Å². The smallest absolute Gasteiger partial charge is 0.245 e. The van der Waals surface area contributed by atoms with E-state index in [1.54, 1.807) is 22.8 Å². The number of ketones is 2. The molecule has 5 aromatic rings. The molecule has 6 rings (SSSR count). The number of hydrogen-bond acceptors (Lipinski definition) is 7. The van der Waals surface area contributed by atoms with Crippen LogP contribution in [0.25, 0.3) is 27.7 Å². The van der Waals surface area contributed by atoms with Crippen LogP contribution < -0.4 is 0 Å². The average Bonchev–Trinajstić information content (AvgIpc) is 3.66. The van der Waals surface area contributed by atoms with Gasteiger partial charge >= 0.3 is 0 Å². The minimum absolute atomic E-state index is 0.0163. The Kier molecular flexibility index (Phi) is 7.33. The summed E-state index contributed by atoms with van der Waals surface area (Å²) in [5, 5.41) is 9.48. The third kappa shape index (κ3) is 5.54. The molecular weight excluding hydrogens is 549 g/mol. The first kappa shape index (κ1) is 28.3. The van der Waals surface area contributed by atoms with E-state index in [2.05, 4.69) is 20.2 Å². The van der Waals surface area contributed by atoms with Crippen LogP contribution in [-0.4, -0.2) is 70.5 Å². The van der Waals surface area contributed by atoms with Crippen molar-refractivity contribution in [2.45, 2.75) is 65.2 Å². The Morgan fingerprint density at radius 3 is 2.65 bits per heavy atom. The van der Waals surface area contributed by atoms with Gasteiger partial charge < -0.3 is 4.90 Å². The first-order valence-electron chi connectivity index (χ1n) is 14.3. The van der Waals surface area contributed by atoms with Crippen LogP contribution in [0.4, 0.5) is 4.39 Å². The van der Waals surface area contributed by atoms with Gasteiger partial charge in [0, 0.05) is 54.1 Å². The number of aryl methyl sites for hydroxylation is 1. The average molecular weight is 582 g/mol. The number of hydrogen-bond donors (Lipinski definition) is 0. The lowest BCUT2D eigenvalue weighted by molar-refractivity contribution is -0.138. The van der Waals surface area contributed by atoms with Gasteiger partial charge in [0.25, 0.3) is 0 Å². The van der Waals surface area contributed by atoms with Crippen LogP contribution in [0.3, 0.4) is 0 Å². The zero-order chi connectivity index (χ0) is 30.4. The second kappa shape index (κ2) is 11.1. The van der Waals surface area contributed by atoms with Gasteiger partial charge in [0.15, 0.2) is 17.2 Å². The summed E-state index contributed by atoms with van der Waals surface area (Å²) in [6.45, 7) is 6.96. The summed E-state index contributed by atoms with van der Waals surface area (Å²) in [6.07, 6.45) is 2.27. The van der Waals surface area contributed by atoms with Crippen LogP contribution in [0, 0.1) is 6.92 Å². The maximum atomic E-state index is 14.6. The molecule has 1 fully saturated rings. The number of pyridine rings is 1. The number of halogens is 1. The number of likely N-dealkylation sites (tertiary alicyclic amines) is 1. The zero-order valence-electron chi connectivity index (χ0n) is 24.5. The zero-order valence-corrected chi connectivity index (χ0v) is 24.5. The number of rotatable bonds is 8. The van der Waals surface area contributed by atoms with Gasteiger partial charge in [-0.1, -0.05) is 26.0 Å². The van der Waals surface area contributed by atoms with Gasteiger partial charge in [0.1, 0.15) is 18.4 Å². The fourth-order valence-electron chi connectivity index (χ4n) is 5.68. The summed E-state index contributed by atoms with van der Waals surface area (Å²) in [5.74, 6) is -0.733. The molecule has 10 nitrogen and oxygen atoms in total. The number of carbonyl (C=O) groups excluding carboxylic acids is 3. The lowest BCUT2D eigenvalue weighted by atomic mass is 10.0. The third-order valence-electron chi connectivity index (χ3n) is 7.85. The Morgan fingerprint density at radius 1 is 1.07 bits per heavy atom. The lowest BCUT2D eigenvalue weighted by Crippen LogP contribution is -2.43. The van der Waals surface area contributed by atoms with E-state index in [0.29, 0.717) is 16.6 Å². The first-order valence-corrected chi connectivity index (χ1v) is 14.3. The van der Waals surface area contributed by atoms with Crippen LogP contribution >= 0.6 is 0 Å². The maximum absolute atomic E-state index is 14.6. The second-order valence-corrected chi connectivity index (χ2v) is 11.5. The van der Waals surface area contributed by atoms with Crippen molar-refractivity contribution in [3.63, 3.8) is 0 Å². The molecule has 5 heterocycles. The number of carbonyl (C=O) groups is 3. The van der Waals surface area contributed by atoms with E-state index < -0.39 is 18.1 Å². The summed E-state index contributed by atoms with van der Waals surface area (Å²) in [4.78, 5) is 49.7. The fourth-order valence-corrected chi connectivity index (χ4v) is 5.68. The van der Waals surface area contributed by atoms with Crippen molar-refractivity contribution in [2.24, 2.45) is 0 Å². The monoisotopic (exact) mass is 581 g/mol. The molecule has 1 aromatic carbocycles. The molecule has 0 bridgehead atoms. The molecule has 2 atom stereocenters. The van der Waals surface area contributed by atoms with Crippen LogP contribution in [-0.2, 0) is 22.6 Å². The molecule has 0 saturated carbocycles. The molecule has 1 aliphatic heterocycles. The predicted molar refractivity (Wildman–Crippen MR) is 159 cm³/mol. The van der Waals surface area contributed by atoms with Gasteiger partial charge in [-0.05, 0) is 42.7 Å². The summed E-state index contributed by atoms with van der Waals surface area (Å²) in [6, 6.07) is 12.0. The number of Topliss-reactive ketones (excluding diaryl/α,β-unsaturated/α-hetero) is 2. The molecule has 1 aliphatic rings. The molecule has 0 aliphatic carbocycles. The predicted octanol–water partition coefficient (Wildman–Crippen LogP) is 4.53. The Morgan fingerprint density at radius 2 is 1.88 bits per heavy atom. The van der Waals surface area contributed by atoms with E-state index in [1.807, 2.05) is 57.3 Å². The summed E-state index contributed by atoms with van der Waals surface area (Å²) in [5.41, 5.74) is 5.47. The Labute approximate surface area is 247 Å².